The van der Waals surface area contributed by atoms with Gasteiger partial charge < -0.3 is 0 Å². The average molecular weight is 745 g/mol. The Morgan fingerprint density at radius 3 is 1.39 bits per heavy atom. The van der Waals surface area contributed by atoms with Gasteiger partial charge in [-0.25, -0.2) is 19.9 Å². The number of aromatic nitrogens is 4. The van der Waals surface area contributed by atoms with Crippen molar-refractivity contribution in [3.63, 3.8) is 0 Å². The average Bonchev–Trinajstić information content (AvgIpc) is 3.68. The molecule has 0 spiro atoms. The maximum atomic E-state index is 5.22. The summed E-state index contributed by atoms with van der Waals surface area (Å²) in [7, 11) is 0. The molecule has 266 valence electrons. The lowest BCUT2D eigenvalue weighted by Gasteiger charge is -2.12. The summed E-state index contributed by atoms with van der Waals surface area (Å²) < 4.78 is 2.45. The van der Waals surface area contributed by atoms with Gasteiger partial charge in [0.05, 0.1) is 11.2 Å². The molecule has 0 bridgehead atoms. The Labute approximate surface area is 333 Å². The topological polar surface area (TPSA) is 51.6 Å². The number of fused-ring (bicyclic) bond motifs is 7. The van der Waals surface area contributed by atoms with E-state index in [1.54, 1.807) is 0 Å². The van der Waals surface area contributed by atoms with Crippen LogP contribution >= 0.6 is 11.3 Å². The second kappa shape index (κ2) is 13.7. The lowest BCUT2D eigenvalue weighted by Crippen LogP contribution is -2.00. The van der Waals surface area contributed by atoms with Gasteiger partial charge in [0.15, 0.2) is 17.5 Å². The van der Waals surface area contributed by atoms with Crippen LogP contribution in [0.4, 0.5) is 0 Å². The van der Waals surface area contributed by atoms with Gasteiger partial charge in [-0.2, -0.15) is 0 Å². The van der Waals surface area contributed by atoms with Crippen LogP contribution in [0.3, 0.4) is 0 Å². The molecule has 0 fully saturated rings. The Morgan fingerprint density at radius 2 is 0.772 bits per heavy atom. The normalized spacial score (nSPS) is 11.5. The first kappa shape index (κ1) is 33.0. The zero-order valence-electron chi connectivity index (χ0n) is 30.7. The zero-order chi connectivity index (χ0) is 37.7. The minimum Gasteiger partial charge on any atom is -0.247 e. The van der Waals surface area contributed by atoms with E-state index < -0.39 is 0 Å². The molecule has 3 aromatic heterocycles. The summed E-state index contributed by atoms with van der Waals surface area (Å²) in [5.41, 5.74) is 10.4. The zero-order valence-corrected chi connectivity index (χ0v) is 31.5. The highest BCUT2D eigenvalue weighted by Crippen LogP contribution is 2.44. The van der Waals surface area contributed by atoms with Gasteiger partial charge >= 0.3 is 0 Å². The fourth-order valence-corrected chi connectivity index (χ4v) is 9.06. The molecule has 0 N–H and O–H groups in total. The van der Waals surface area contributed by atoms with E-state index in [0.29, 0.717) is 17.5 Å². The third-order valence-corrected chi connectivity index (χ3v) is 11.8. The molecule has 3 heterocycles. The number of hydrogen-bond acceptors (Lipinski definition) is 5. The van der Waals surface area contributed by atoms with E-state index in [1.165, 1.54) is 25.6 Å². The van der Waals surface area contributed by atoms with E-state index in [0.717, 1.165) is 66.5 Å². The van der Waals surface area contributed by atoms with Crippen molar-refractivity contribution in [1.29, 1.82) is 0 Å². The van der Waals surface area contributed by atoms with E-state index >= 15 is 0 Å². The molecule has 11 rings (SSSR count). The van der Waals surface area contributed by atoms with Gasteiger partial charge in [0.2, 0.25) is 0 Å². The Kier molecular flexibility index (Phi) is 7.97. The van der Waals surface area contributed by atoms with Gasteiger partial charge in [-0.1, -0.05) is 152 Å². The summed E-state index contributed by atoms with van der Waals surface area (Å²) in [5.74, 6) is 1.88. The Balaban J connectivity index is 1.14. The van der Waals surface area contributed by atoms with Crippen LogP contribution in [0.5, 0.6) is 0 Å². The summed E-state index contributed by atoms with van der Waals surface area (Å²) in [5, 5.41) is 5.90. The summed E-state index contributed by atoms with van der Waals surface area (Å²) in [6, 6.07) is 67.9. The molecule has 0 aliphatic rings. The van der Waals surface area contributed by atoms with Crippen LogP contribution in [-0.4, -0.2) is 19.9 Å². The van der Waals surface area contributed by atoms with Crippen LogP contribution in [-0.2, 0) is 0 Å². The highest BCUT2D eigenvalue weighted by molar-refractivity contribution is 7.26. The van der Waals surface area contributed by atoms with Gasteiger partial charge in [0, 0.05) is 58.6 Å². The van der Waals surface area contributed by atoms with Crippen molar-refractivity contribution in [3.8, 4) is 67.7 Å². The van der Waals surface area contributed by atoms with E-state index in [2.05, 4.69) is 182 Å². The molecule has 0 unspecified atom stereocenters. The lowest BCUT2D eigenvalue weighted by molar-refractivity contribution is 1.07. The molecule has 11 aromatic rings. The predicted molar refractivity (Wildman–Crippen MR) is 238 cm³/mol. The number of benzene rings is 8. The minimum absolute atomic E-state index is 0.628. The van der Waals surface area contributed by atoms with Crippen molar-refractivity contribution in [2.45, 2.75) is 0 Å². The predicted octanol–water partition coefficient (Wildman–Crippen LogP) is 13.9. The fourth-order valence-electron chi connectivity index (χ4n) is 7.96. The third kappa shape index (κ3) is 5.93. The molecule has 0 atom stereocenters. The number of para-hydroxylation sites is 1. The Hall–Kier alpha value is -7.34. The monoisotopic (exact) mass is 744 g/mol. The van der Waals surface area contributed by atoms with E-state index in [4.69, 9.17) is 19.9 Å². The van der Waals surface area contributed by atoms with Crippen LogP contribution in [0, 0.1) is 0 Å². The molecular weight excluding hydrogens is 713 g/mol. The molecule has 0 saturated heterocycles. The Morgan fingerprint density at radius 1 is 0.281 bits per heavy atom. The van der Waals surface area contributed by atoms with Crippen LogP contribution in [0.25, 0.3) is 110 Å². The standard InChI is InChI=1S/C52H32N4S/c1-4-14-33(15-5-1)36-20-12-22-38(30-36)50-54-51(39-23-13-21-37(31-39)34-16-6-2-7-17-34)56-52(55-50)40-26-28-45-43(32-40)48-46(57-45)29-27-42-47(48)41-24-10-11-25-44(41)53-49(42)35-18-8-3-9-19-35/h1-32H. The summed E-state index contributed by atoms with van der Waals surface area (Å²) in [4.78, 5) is 20.8. The van der Waals surface area contributed by atoms with E-state index in [-0.39, 0.29) is 0 Å². The first-order valence-corrected chi connectivity index (χ1v) is 19.9. The molecule has 57 heavy (non-hydrogen) atoms. The van der Waals surface area contributed by atoms with Crippen molar-refractivity contribution in [3.05, 3.63) is 194 Å². The molecule has 0 aliphatic carbocycles. The maximum Gasteiger partial charge on any atom is 0.164 e. The van der Waals surface area contributed by atoms with Gasteiger partial charge in [-0.3, -0.25) is 0 Å². The smallest absolute Gasteiger partial charge is 0.164 e. The molecular formula is C52H32N4S. The second-order valence-electron chi connectivity index (χ2n) is 14.2. The van der Waals surface area contributed by atoms with Crippen molar-refractivity contribution >= 4 is 53.2 Å². The number of rotatable bonds is 6. The number of hydrogen-bond donors (Lipinski definition) is 0. The van der Waals surface area contributed by atoms with Gasteiger partial charge in [-0.15, -0.1) is 11.3 Å². The van der Waals surface area contributed by atoms with E-state index in [1.807, 2.05) is 23.5 Å². The highest BCUT2D eigenvalue weighted by atomic mass is 32.1. The quantitative estimate of drug-likeness (QED) is 0.159. The Bertz CT molecular complexity index is 3180. The first-order valence-electron chi connectivity index (χ1n) is 19.0. The SMILES string of the molecule is c1ccc(-c2cccc(-c3nc(-c4cccc(-c5ccccc5)c4)nc(-c4ccc5sc6ccc7c(-c8ccccc8)nc8ccccc8c7c6c5c4)n3)c2)cc1. The molecule has 4 nitrogen and oxygen atoms in total. The highest BCUT2D eigenvalue weighted by Gasteiger charge is 2.19. The molecule has 0 aliphatic heterocycles. The van der Waals surface area contributed by atoms with Crippen molar-refractivity contribution in [2.75, 3.05) is 0 Å². The third-order valence-electron chi connectivity index (χ3n) is 10.7. The summed E-state index contributed by atoms with van der Waals surface area (Å²) in [6.07, 6.45) is 0. The van der Waals surface area contributed by atoms with Crippen LogP contribution in [0.1, 0.15) is 0 Å². The lowest BCUT2D eigenvalue weighted by atomic mass is 9.96. The number of thiophene rings is 1. The van der Waals surface area contributed by atoms with Crippen molar-refractivity contribution in [2.24, 2.45) is 0 Å². The van der Waals surface area contributed by atoms with Crippen molar-refractivity contribution in [1.82, 2.24) is 19.9 Å². The number of pyridine rings is 1. The van der Waals surface area contributed by atoms with Gasteiger partial charge in [-0.05, 0) is 64.7 Å². The molecule has 5 heteroatoms. The van der Waals surface area contributed by atoms with Gasteiger partial charge in [0.1, 0.15) is 0 Å². The largest absolute Gasteiger partial charge is 0.247 e. The first-order chi connectivity index (χ1) is 28.2. The summed E-state index contributed by atoms with van der Waals surface area (Å²) >= 11 is 1.82. The molecule has 0 amide bonds. The molecule has 0 saturated carbocycles. The van der Waals surface area contributed by atoms with Crippen molar-refractivity contribution < 1.29 is 0 Å². The summed E-state index contributed by atoms with van der Waals surface area (Å²) in [6.45, 7) is 0. The fraction of sp³-hybridized carbons (Fsp3) is 0. The number of nitrogens with zero attached hydrogens (tertiary/aromatic N) is 4. The molecule has 8 aromatic carbocycles. The molecule has 0 radical (unpaired) electrons. The van der Waals surface area contributed by atoms with Crippen LogP contribution in [0.2, 0.25) is 0 Å². The van der Waals surface area contributed by atoms with Crippen LogP contribution in [0.15, 0.2) is 194 Å². The second-order valence-corrected chi connectivity index (χ2v) is 15.3. The van der Waals surface area contributed by atoms with Crippen LogP contribution < -0.4 is 0 Å². The maximum absolute atomic E-state index is 5.22. The van der Waals surface area contributed by atoms with E-state index in [9.17, 15) is 0 Å². The van der Waals surface area contributed by atoms with Gasteiger partial charge in [0.25, 0.3) is 0 Å². The minimum atomic E-state index is 0.628.